The van der Waals surface area contributed by atoms with Crippen LogP contribution in [-0.4, -0.2) is 62.5 Å². The third kappa shape index (κ3) is 7.13. The molecule has 1 heterocycles. The van der Waals surface area contributed by atoms with Crippen LogP contribution in [0.2, 0.25) is 0 Å². The van der Waals surface area contributed by atoms with Crippen molar-refractivity contribution in [2.24, 2.45) is 0 Å². The Morgan fingerprint density at radius 2 is 2.04 bits per heavy atom. The van der Waals surface area contributed by atoms with Gasteiger partial charge in [-0.3, -0.25) is 14.5 Å². The molecule has 138 valence electrons. The van der Waals surface area contributed by atoms with Gasteiger partial charge in [-0.15, -0.1) is 0 Å². The van der Waals surface area contributed by atoms with Gasteiger partial charge in [-0.05, 0) is 37.9 Å². The molecule has 0 aromatic heterocycles. The minimum absolute atomic E-state index is 0.00108. The van der Waals surface area contributed by atoms with E-state index in [1.165, 1.54) is 12.6 Å². The summed E-state index contributed by atoms with van der Waals surface area (Å²) in [5, 5.41) is 5.95. The molecule has 2 N–H and O–H groups in total. The van der Waals surface area contributed by atoms with E-state index >= 15 is 0 Å². The van der Waals surface area contributed by atoms with E-state index in [1.54, 1.807) is 0 Å². The molecule has 6 heteroatoms. The molecule has 6 nitrogen and oxygen atoms in total. The Hall–Kier alpha value is -2.08. The van der Waals surface area contributed by atoms with Crippen molar-refractivity contribution in [1.29, 1.82) is 0 Å². The van der Waals surface area contributed by atoms with Crippen LogP contribution < -0.4 is 15.5 Å². The highest BCUT2D eigenvalue weighted by Crippen LogP contribution is 2.11. The monoisotopic (exact) mass is 346 g/mol. The van der Waals surface area contributed by atoms with Crippen molar-refractivity contribution in [2.45, 2.75) is 32.2 Å². The van der Waals surface area contributed by atoms with Gasteiger partial charge in [0.05, 0.1) is 6.54 Å². The van der Waals surface area contributed by atoms with E-state index < -0.39 is 0 Å². The van der Waals surface area contributed by atoms with E-state index in [2.05, 4.69) is 39.6 Å². The van der Waals surface area contributed by atoms with Crippen LogP contribution in [0.25, 0.3) is 0 Å². The maximum absolute atomic E-state index is 12.1. The number of carbonyl (C=O) groups excluding carboxylic acids is 2. The van der Waals surface area contributed by atoms with Crippen molar-refractivity contribution in [3.8, 4) is 0 Å². The van der Waals surface area contributed by atoms with Crippen LogP contribution in [0.15, 0.2) is 30.3 Å². The number of benzene rings is 1. The van der Waals surface area contributed by atoms with Crippen LogP contribution in [0.1, 0.15) is 26.2 Å². The molecule has 0 saturated carbocycles. The highest BCUT2D eigenvalue weighted by atomic mass is 16.2. The third-order valence-electron chi connectivity index (χ3n) is 4.47. The van der Waals surface area contributed by atoms with Crippen molar-refractivity contribution in [3.05, 3.63) is 30.3 Å². The van der Waals surface area contributed by atoms with Crippen molar-refractivity contribution in [2.75, 3.05) is 44.7 Å². The zero-order valence-corrected chi connectivity index (χ0v) is 15.3. The normalized spacial score (nSPS) is 17.8. The minimum Gasteiger partial charge on any atom is -0.375 e. The number of amides is 2. The van der Waals surface area contributed by atoms with Gasteiger partial charge >= 0.3 is 0 Å². The Kier molecular flexibility index (Phi) is 7.73. The van der Waals surface area contributed by atoms with Gasteiger partial charge < -0.3 is 15.5 Å². The van der Waals surface area contributed by atoms with Crippen LogP contribution in [0.5, 0.6) is 0 Å². The summed E-state index contributed by atoms with van der Waals surface area (Å²) >= 11 is 0. The van der Waals surface area contributed by atoms with Gasteiger partial charge in [-0.1, -0.05) is 18.2 Å². The van der Waals surface area contributed by atoms with E-state index in [9.17, 15) is 9.59 Å². The number of nitrogens with zero attached hydrogens (tertiary/aromatic N) is 2. The smallest absolute Gasteiger partial charge is 0.234 e. The quantitative estimate of drug-likeness (QED) is 0.695. The summed E-state index contributed by atoms with van der Waals surface area (Å²) < 4.78 is 0. The number of hydrogen-bond donors (Lipinski definition) is 2. The molecule has 0 bridgehead atoms. The molecule has 2 amide bonds. The van der Waals surface area contributed by atoms with Crippen molar-refractivity contribution in [1.82, 2.24) is 15.5 Å². The Labute approximate surface area is 150 Å². The summed E-state index contributed by atoms with van der Waals surface area (Å²) in [6.07, 6.45) is 2.91. The number of hydrogen-bond acceptors (Lipinski definition) is 4. The Bertz CT molecular complexity index is 550. The molecule has 1 fully saturated rings. The van der Waals surface area contributed by atoms with Crippen molar-refractivity contribution < 1.29 is 9.59 Å². The molecule has 0 radical (unpaired) electrons. The largest absolute Gasteiger partial charge is 0.375 e. The van der Waals surface area contributed by atoms with Crippen LogP contribution in [0, 0.1) is 0 Å². The molecule has 1 aromatic rings. The molecule has 1 aliphatic rings. The SMILES string of the molecule is CC(=O)NC1CCCN(CC(=O)NCCCN(C)c2ccccc2)C1. The molecule has 0 spiro atoms. The second-order valence-corrected chi connectivity index (χ2v) is 6.74. The maximum atomic E-state index is 12.1. The molecule has 1 saturated heterocycles. The van der Waals surface area contributed by atoms with Gasteiger partial charge in [-0.2, -0.15) is 0 Å². The van der Waals surface area contributed by atoms with E-state index in [-0.39, 0.29) is 17.9 Å². The first-order chi connectivity index (χ1) is 12.0. The lowest BCUT2D eigenvalue weighted by Gasteiger charge is -2.32. The van der Waals surface area contributed by atoms with Gasteiger partial charge in [0.1, 0.15) is 0 Å². The molecule has 1 unspecified atom stereocenters. The summed E-state index contributed by atoms with van der Waals surface area (Å²) in [6, 6.07) is 10.4. The average molecular weight is 346 g/mol. The van der Waals surface area contributed by atoms with Crippen LogP contribution in [0.3, 0.4) is 0 Å². The molecule has 1 aliphatic heterocycles. The lowest BCUT2D eigenvalue weighted by atomic mass is 10.1. The van der Waals surface area contributed by atoms with Crippen molar-refractivity contribution in [3.63, 3.8) is 0 Å². The fourth-order valence-corrected chi connectivity index (χ4v) is 3.22. The fourth-order valence-electron chi connectivity index (χ4n) is 3.22. The molecule has 0 aliphatic carbocycles. The standard InChI is InChI=1S/C19H30N4O2/c1-16(24)21-17-8-6-13-23(14-17)15-19(25)20-11-7-12-22(2)18-9-4-3-5-10-18/h3-5,9-10,17H,6-8,11-15H2,1-2H3,(H,20,25)(H,21,24). The molecule has 1 aromatic carbocycles. The van der Waals surface area contributed by atoms with Gasteiger partial charge in [0, 0.05) is 45.3 Å². The number of nitrogens with one attached hydrogen (secondary N) is 2. The summed E-state index contributed by atoms with van der Waals surface area (Å²) in [4.78, 5) is 27.6. The first kappa shape index (κ1) is 19.2. The highest BCUT2D eigenvalue weighted by molar-refractivity contribution is 5.78. The zero-order valence-electron chi connectivity index (χ0n) is 15.3. The number of piperidine rings is 1. The Morgan fingerprint density at radius 1 is 1.28 bits per heavy atom. The van der Waals surface area contributed by atoms with E-state index in [0.29, 0.717) is 13.1 Å². The predicted molar refractivity (Wildman–Crippen MR) is 101 cm³/mol. The molecule has 1 atom stereocenters. The van der Waals surface area contributed by atoms with E-state index in [1.807, 2.05) is 18.2 Å². The van der Waals surface area contributed by atoms with Gasteiger partial charge in [-0.25, -0.2) is 0 Å². The van der Waals surface area contributed by atoms with E-state index in [0.717, 1.165) is 38.9 Å². The molecule has 2 rings (SSSR count). The first-order valence-corrected chi connectivity index (χ1v) is 9.07. The molecule has 25 heavy (non-hydrogen) atoms. The second-order valence-electron chi connectivity index (χ2n) is 6.74. The highest BCUT2D eigenvalue weighted by Gasteiger charge is 2.21. The van der Waals surface area contributed by atoms with E-state index in [4.69, 9.17) is 0 Å². The zero-order chi connectivity index (χ0) is 18.1. The number of anilines is 1. The van der Waals surface area contributed by atoms with Crippen LogP contribution >= 0.6 is 0 Å². The average Bonchev–Trinajstić information content (AvgIpc) is 2.59. The van der Waals surface area contributed by atoms with Crippen LogP contribution in [0.4, 0.5) is 5.69 Å². The number of para-hydroxylation sites is 1. The first-order valence-electron chi connectivity index (χ1n) is 9.07. The molecular formula is C19H30N4O2. The topological polar surface area (TPSA) is 64.7 Å². The minimum atomic E-state index is -0.00108. The fraction of sp³-hybridized carbons (Fsp3) is 0.579. The molecular weight excluding hydrogens is 316 g/mol. The third-order valence-corrected chi connectivity index (χ3v) is 4.47. The number of rotatable bonds is 8. The predicted octanol–water partition coefficient (Wildman–Crippen LogP) is 1.23. The van der Waals surface area contributed by atoms with Gasteiger partial charge in [0.2, 0.25) is 11.8 Å². The summed E-state index contributed by atoms with van der Waals surface area (Å²) in [7, 11) is 2.06. The van der Waals surface area contributed by atoms with Gasteiger partial charge in [0.15, 0.2) is 0 Å². The second kappa shape index (κ2) is 10.0. The lowest BCUT2D eigenvalue weighted by molar-refractivity contribution is -0.122. The van der Waals surface area contributed by atoms with Crippen LogP contribution in [-0.2, 0) is 9.59 Å². The lowest BCUT2D eigenvalue weighted by Crippen LogP contribution is -2.49. The van der Waals surface area contributed by atoms with Crippen molar-refractivity contribution >= 4 is 17.5 Å². The number of carbonyl (C=O) groups is 2. The summed E-state index contributed by atoms with van der Waals surface area (Å²) in [5.74, 6) is 0.0599. The Balaban J connectivity index is 1.61. The van der Waals surface area contributed by atoms with Gasteiger partial charge in [0.25, 0.3) is 0 Å². The maximum Gasteiger partial charge on any atom is 0.234 e. The Morgan fingerprint density at radius 3 is 2.76 bits per heavy atom. The summed E-state index contributed by atoms with van der Waals surface area (Å²) in [6.45, 7) is 5.20. The number of likely N-dealkylation sites (tertiary alicyclic amines) is 1. The summed E-state index contributed by atoms with van der Waals surface area (Å²) in [5.41, 5.74) is 1.19.